The lowest BCUT2D eigenvalue weighted by atomic mass is 10.2. The van der Waals surface area contributed by atoms with E-state index < -0.39 is 0 Å². The van der Waals surface area contributed by atoms with E-state index in [-0.39, 0.29) is 18.0 Å². The van der Waals surface area contributed by atoms with Gasteiger partial charge in [0.15, 0.2) is 0 Å². The number of carbonyl (C=O) groups excluding carboxylic acids is 2. The molecule has 0 saturated carbocycles. The van der Waals surface area contributed by atoms with Crippen molar-refractivity contribution in [1.82, 2.24) is 9.80 Å². The number of carbonyl (C=O) groups is 2. The van der Waals surface area contributed by atoms with Gasteiger partial charge in [-0.3, -0.25) is 9.69 Å². The van der Waals surface area contributed by atoms with Crippen LogP contribution in [0.1, 0.15) is 19.8 Å². The highest BCUT2D eigenvalue weighted by Gasteiger charge is 2.31. The average molecular weight is 198 g/mol. The molecule has 1 rings (SSSR count). The molecule has 14 heavy (non-hydrogen) atoms. The number of amides is 1. The molecule has 1 saturated heterocycles. The van der Waals surface area contributed by atoms with Crippen LogP contribution in [0, 0.1) is 0 Å². The summed E-state index contributed by atoms with van der Waals surface area (Å²) in [5.41, 5.74) is 0. The van der Waals surface area contributed by atoms with E-state index in [4.69, 9.17) is 0 Å². The van der Waals surface area contributed by atoms with Crippen LogP contribution in [0.3, 0.4) is 0 Å². The molecule has 2 atom stereocenters. The minimum atomic E-state index is -0.323. The molecule has 0 aromatic heterocycles. The number of nitrogens with zero attached hydrogens (tertiary/aromatic N) is 2. The Morgan fingerprint density at radius 1 is 1.64 bits per heavy atom. The monoisotopic (exact) mass is 198 g/mol. The van der Waals surface area contributed by atoms with Crippen LogP contribution >= 0.6 is 0 Å². The van der Waals surface area contributed by atoms with Gasteiger partial charge in [0.1, 0.15) is 6.29 Å². The summed E-state index contributed by atoms with van der Waals surface area (Å²) in [4.78, 5) is 26.0. The maximum atomic E-state index is 11.9. The third-order valence-corrected chi connectivity index (χ3v) is 2.96. The van der Waals surface area contributed by atoms with Gasteiger partial charge in [0.05, 0.1) is 12.1 Å². The van der Waals surface area contributed by atoms with Crippen molar-refractivity contribution >= 4 is 12.2 Å². The summed E-state index contributed by atoms with van der Waals surface area (Å²) in [6.45, 7) is 2.71. The standard InChI is InChI=1S/C10H18N2O2/c1-8(7-13)12(3)10(14)9-5-4-6-11(9)2/h7-9H,4-6H2,1-3H3. The van der Waals surface area contributed by atoms with Gasteiger partial charge < -0.3 is 9.69 Å². The van der Waals surface area contributed by atoms with Gasteiger partial charge in [-0.25, -0.2) is 0 Å². The topological polar surface area (TPSA) is 40.6 Å². The Morgan fingerprint density at radius 3 is 2.71 bits per heavy atom. The van der Waals surface area contributed by atoms with Crippen molar-refractivity contribution in [2.75, 3.05) is 20.6 Å². The summed E-state index contributed by atoms with van der Waals surface area (Å²) in [6, 6.07) is -0.348. The maximum absolute atomic E-state index is 11.9. The Balaban J connectivity index is 2.59. The fourth-order valence-electron chi connectivity index (χ4n) is 1.75. The van der Waals surface area contributed by atoms with Crippen LogP contribution in [-0.4, -0.2) is 54.7 Å². The summed E-state index contributed by atoms with van der Waals surface area (Å²) in [7, 11) is 3.64. The first kappa shape index (κ1) is 11.2. The third kappa shape index (κ3) is 2.12. The predicted octanol–water partition coefficient (Wildman–Crippen LogP) is 0.126. The number of aldehydes is 1. The first-order valence-electron chi connectivity index (χ1n) is 5.00. The highest BCUT2D eigenvalue weighted by molar-refractivity contribution is 5.84. The van der Waals surface area contributed by atoms with E-state index in [0.717, 1.165) is 25.7 Å². The average Bonchev–Trinajstić information content (AvgIpc) is 2.61. The normalized spacial score (nSPS) is 24.6. The fraction of sp³-hybridized carbons (Fsp3) is 0.800. The smallest absolute Gasteiger partial charge is 0.240 e. The molecular formula is C10H18N2O2. The summed E-state index contributed by atoms with van der Waals surface area (Å²) < 4.78 is 0. The quantitative estimate of drug-likeness (QED) is 0.605. The van der Waals surface area contributed by atoms with E-state index in [1.165, 1.54) is 4.90 Å². The molecule has 0 spiro atoms. The molecule has 1 heterocycles. The highest BCUT2D eigenvalue weighted by Crippen LogP contribution is 2.17. The number of rotatable bonds is 3. The van der Waals surface area contributed by atoms with E-state index in [1.807, 2.05) is 7.05 Å². The van der Waals surface area contributed by atoms with E-state index >= 15 is 0 Å². The summed E-state index contributed by atoms with van der Waals surface area (Å²) in [6.07, 6.45) is 2.77. The highest BCUT2D eigenvalue weighted by atomic mass is 16.2. The lowest BCUT2D eigenvalue weighted by molar-refractivity contribution is -0.138. The molecule has 0 aromatic carbocycles. The Kier molecular flexibility index (Phi) is 3.63. The molecular weight excluding hydrogens is 180 g/mol. The van der Waals surface area contributed by atoms with Crippen LogP contribution < -0.4 is 0 Å². The number of hydrogen-bond donors (Lipinski definition) is 0. The lowest BCUT2D eigenvalue weighted by Gasteiger charge is -2.27. The second-order valence-electron chi connectivity index (χ2n) is 3.96. The van der Waals surface area contributed by atoms with Gasteiger partial charge in [-0.15, -0.1) is 0 Å². The second kappa shape index (κ2) is 4.55. The molecule has 0 aromatic rings. The van der Waals surface area contributed by atoms with Gasteiger partial charge in [-0.05, 0) is 33.4 Å². The van der Waals surface area contributed by atoms with Crippen molar-refractivity contribution in [1.29, 1.82) is 0 Å². The van der Waals surface area contributed by atoms with Crippen molar-refractivity contribution in [2.24, 2.45) is 0 Å². The zero-order chi connectivity index (χ0) is 10.7. The van der Waals surface area contributed by atoms with Crippen molar-refractivity contribution in [3.63, 3.8) is 0 Å². The Morgan fingerprint density at radius 2 is 2.29 bits per heavy atom. The number of likely N-dealkylation sites (N-methyl/N-ethyl adjacent to an activating group) is 2. The van der Waals surface area contributed by atoms with E-state index in [9.17, 15) is 9.59 Å². The van der Waals surface area contributed by atoms with E-state index in [1.54, 1.807) is 14.0 Å². The Labute approximate surface area is 84.9 Å². The largest absolute Gasteiger partial charge is 0.335 e. The molecule has 0 bridgehead atoms. The minimum absolute atomic E-state index is 0.0256. The summed E-state index contributed by atoms with van der Waals surface area (Å²) in [5, 5.41) is 0. The molecule has 1 fully saturated rings. The molecule has 80 valence electrons. The molecule has 0 aliphatic carbocycles. The van der Waals surface area contributed by atoms with Gasteiger partial charge in [-0.2, -0.15) is 0 Å². The van der Waals surface area contributed by atoms with Crippen molar-refractivity contribution in [3.8, 4) is 0 Å². The van der Waals surface area contributed by atoms with Crippen molar-refractivity contribution < 1.29 is 9.59 Å². The SMILES string of the molecule is CC(C=O)N(C)C(=O)C1CCCN1C. The van der Waals surface area contributed by atoms with E-state index in [0.29, 0.717) is 0 Å². The second-order valence-corrected chi connectivity index (χ2v) is 3.96. The van der Waals surface area contributed by atoms with Gasteiger partial charge in [0.25, 0.3) is 0 Å². The summed E-state index contributed by atoms with van der Waals surface area (Å²) >= 11 is 0. The molecule has 1 aliphatic rings. The Hall–Kier alpha value is -0.900. The molecule has 4 nitrogen and oxygen atoms in total. The molecule has 0 N–H and O–H groups in total. The first-order chi connectivity index (χ1) is 6.57. The molecule has 4 heteroatoms. The van der Waals surface area contributed by atoms with Gasteiger partial charge in [0.2, 0.25) is 5.91 Å². The molecule has 0 radical (unpaired) electrons. The van der Waals surface area contributed by atoms with Gasteiger partial charge in [-0.1, -0.05) is 0 Å². The van der Waals surface area contributed by atoms with Gasteiger partial charge >= 0.3 is 0 Å². The van der Waals surface area contributed by atoms with Crippen molar-refractivity contribution in [2.45, 2.75) is 31.8 Å². The zero-order valence-electron chi connectivity index (χ0n) is 9.06. The minimum Gasteiger partial charge on any atom is -0.335 e. The number of likely N-dealkylation sites (tertiary alicyclic amines) is 1. The van der Waals surface area contributed by atoms with Crippen LogP contribution in [0.4, 0.5) is 0 Å². The zero-order valence-corrected chi connectivity index (χ0v) is 9.06. The lowest BCUT2D eigenvalue weighted by Crippen LogP contribution is -2.46. The van der Waals surface area contributed by atoms with Crippen LogP contribution in [0.5, 0.6) is 0 Å². The van der Waals surface area contributed by atoms with Crippen LogP contribution in [0.25, 0.3) is 0 Å². The predicted molar refractivity (Wildman–Crippen MR) is 53.9 cm³/mol. The molecule has 1 aliphatic heterocycles. The van der Waals surface area contributed by atoms with Crippen LogP contribution in [0.15, 0.2) is 0 Å². The van der Waals surface area contributed by atoms with Crippen LogP contribution in [0.2, 0.25) is 0 Å². The summed E-state index contributed by atoms with van der Waals surface area (Å²) in [5.74, 6) is 0.0598. The van der Waals surface area contributed by atoms with Crippen molar-refractivity contribution in [3.05, 3.63) is 0 Å². The Bertz CT molecular complexity index is 230. The number of hydrogen-bond acceptors (Lipinski definition) is 3. The fourth-order valence-corrected chi connectivity index (χ4v) is 1.75. The van der Waals surface area contributed by atoms with Crippen LogP contribution in [-0.2, 0) is 9.59 Å². The maximum Gasteiger partial charge on any atom is 0.240 e. The molecule has 2 unspecified atom stereocenters. The van der Waals surface area contributed by atoms with Gasteiger partial charge in [0, 0.05) is 7.05 Å². The first-order valence-corrected chi connectivity index (χ1v) is 5.00. The third-order valence-electron chi connectivity index (χ3n) is 2.96. The molecule has 1 amide bonds. The van der Waals surface area contributed by atoms with E-state index in [2.05, 4.69) is 4.90 Å².